The van der Waals surface area contributed by atoms with Crippen molar-refractivity contribution in [2.45, 2.75) is 6.92 Å². The van der Waals surface area contributed by atoms with Crippen molar-refractivity contribution in [2.75, 3.05) is 30.9 Å². The Labute approximate surface area is 101 Å². The van der Waals surface area contributed by atoms with Crippen LogP contribution < -0.4 is 10.0 Å². The van der Waals surface area contributed by atoms with Crippen molar-refractivity contribution in [2.24, 2.45) is 7.05 Å². The summed E-state index contributed by atoms with van der Waals surface area (Å²) in [5.41, 5.74) is 0.783. The third kappa shape index (κ3) is 2.76. The Morgan fingerprint density at radius 1 is 1.41 bits per heavy atom. The average molecular weight is 259 g/mol. The van der Waals surface area contributed by atoms with Gasteiger partial charge in [-0.3, -0.25) is 9.40 Å². The first-order valence-electron chi connectivity index (χ1n) is 5.48. The highest BCUT2D eigenvalue weighted by Gasteiger charge is 2.24. The second-order valence-electron chi connectivity index (χ2n) is 4.05. The third-order valence-electron chi connectivity index (χ3n) is 2.65. The number of hydrogen-bond donors (Lipinski definition) is 2. The second kappa shape index (κ2) is 4.63. The SMILES string of the molecule is Cc1cc(NS(=O)(=O)N2CCNCC2)n(C)n1. The summed E-state index contributed by atoms with van der Waals surface area (Å²) in [5.74, 6) is 0.487. The van der Waals surface area contributed by atoms with E-state index in [1.54, 1.807) is 13.1 Å². The van der Waals surface area contributed by atoms with Crippen LogP contribution in [0.2, 0.25) is 0 Å². The molecular weight excluding hydrogens is 242 g/mol. The second-order valence-corrected chi connectivity index (χ2v) is 5.72. The molecule has 96 valence electrons. The minimum absolute atomic E-state index is 0.487. The van der Waals surface area contributed by atoms with Gasteiger partial charge in [-0.25, -0.2) is 0 Å². The van der Waals surface area contributed by atoms with Crippen LogP contribution in [0, 0.1) is 6.92 Å². The summed E-state index contributed by atoms with van der Waals surface area (Å²) >= 11 is 0. The maximum atomic E-state index is 12.1. The topological polar surface area (TPSA) is 79.3 Å². The zero-order valence-corrected chi connectivity index (χ0v) is 10.8. The first-order valence-corrected chi connectivity index (χ1v) is 6.92. The lowest BCUT2D eigenvalue weighted by Crippen LogP contribution is -2.48. The van der Waals surface area contributed by atoms with Crippen molar-refractivity contribution in [1.82, 2.24) is 19.4 Å². The van der Waals surface area contributed by atoms with Gasteiger partial charge in [0.1, 0.15) is 5.82 Å². The Bertz CT molecular complexity index is 489. The molecular formula is C9H17N5O2S. The molecule has 0 amide bonds. The van der Waals surface area contributed by atoms with Gasteiger partial charge in [-0.1, -0.05) is 0 Å². The standard InChI is InChI=1S/C9H17N5O2S/c1-8-7-9(13(2)11-8)12-17(15,16)14-5-3-10-4-6-14/h7,10,12H,3-6H2,1-2H3. The first-order chi connectivity index (χ1) is 7.99. The number of piperazine rings is 1. The smallest absolute Gasteiger partial charge is 0.302 e. The van der Waals surface area contributed by atoms with E-state index < -0.39 is 10.2 Å². The van der Waals surface area contributed by atoms with Crippen molar-refractivity contribution in [3.8, 4) is 0 Å². The molecule has 1 fully saturated rings. The summed E-state index contributed by atoms with van der Waals surface area (Å²) < 4.78 is 29.6. The summed E-state index contributed by atoms with van der Waals surface area (Å²) in [7, 11) is -1.75. The predicted octanol–water partition coefficient (Wildman–Crippen LogP) is -0.710. The zero-order valence-electron chi connectivity index (χ0n) is 9.97. The van der Waals surface area contributed by atoms with E-state index in [4.69, 9.17) is 0 Å². The fourth-order valence-corrected chi connectivity index (χ4v) is 3.04. The first kappa shape index (κ1) is 12.3. The molecule has 1 aromatic rings. The van der Waals surface area contributed by atoms with Crippen LogP contribution >= 0.6 is 0 Å². The molecule has 2 heterocycles. The lowest BCUT2D eigenvalue weighted by molar-refractivity contribution is 0.362. The highest BCUT2D eigenvalue weighted by molar-refractivity contribution is 7.90. The van der Waals surface area contributed by atoms with Gasteiger partial charge in [0.25, 0.3) is 0 Å². The highest BCUT2D eigenvalue weighted by atomic mass is 32.2. The minimum Gasteiger partial charge on any atom is -0.314 e. The zero-order chi connectivity index (χ0) is 12.5. The molecule has 2 N–H and O–H groups in total. The van der Waals surface area contributed by atoms with Crippen molar-refractivity contribution >= 4 is 16.0 Å². The van der Waals surface area contributed by atoms with E-state index in [0.29, 0.717) is 32.0 Å². The van der Waals surface area contributed by atoms with Crippen LogP contribution in [0.25, 0.3) is 0 Å². The highest BCUT2D eigenvalue weighted by Crippen LogP contribution is 2.12. The Balaban J connectivity index is 2.13. The van der Waals surface area contributed by atoms with Crippen LogP contribution in [-0.4, -0.2) is 48.7 Å². The van der Waals surface area contributed by atoms with E-state index in [2.05, 4.69) is 15.1 Å². The normalized spacial score (nSPS) is 18.2. The summed E-state index contributed by atoms with van der Waals surface area (Å²) in [6.07, 6.45) is 0. The summed E-state index contributed by atoms with van der Waals surface area (Å²) in [6.45, 7) is 4.18. The van der Waals surface area contributed by atoms with Crippen LogP contribution in [0.5, 0.6) is 0 Å². The Hall–Kier alpha value is -1.12. The van der Waals surface area contributed by atoms with Crippen LogP contribution in [-0.2, 0) is 17.3 Å². The lowest BCUT2D eigenvalue weighted by atomic mass is 10.4. The van der Waals surface area contributed by atoms with Gasteiger partial charge in [0.2, 0.25) is 0 Å². The number of nitrogens with one attached hydrogen (secondary N) is 2. The van der Waals surface area contributed by atoms with E-state index in [1.807, 2.05) is 6.92 Å². The van der Waals surface area contributed by atoms with Gasteiger partial charge in [0, 0.05) is 39.3 Å². The van der Waals surface area contributed by atoms with E-state index in [0.717, 1.165) is 5.69 Å². The molecule has 8 heteroatoms. The number of nitrogens with zero attached hydrogens (tertiary/aromatic N) is 3. The predicted molar refractivity (Wildman–Crippen MR) is 64.9 cm³/mol. The molecule has 0 aromatic carbocycles. The van der Waals surface area contributed by atoms with Crippen molar-refractivity contribution < 1.29 is 8.42 Å². The van der Waals surface area contributed by atoms with E-state index in [1.165, 1.54) is 8.99 Å². The van der Waals surface area contributed by atoms with Gasteiger partial charge in [-0.05, 0) is 6.92 Å². The summed E-state index contributed by atoms with van der Waals surface area (Å²) in [4.78, 5) is 0. The largest absolute Gasteiger partial charge is 0.314 e. The third-order valence-corrected chi connectivity index (χ3v) is 4.16. The molecule has 0 radical (unpaired) electrons. The molecule has 1 saturated heterocycles. The molecule has 7 nitrogen and oxygen atoms in total. The fourth-order valence-electron chi connectivity index (χ4n) is 1.79. The van der Waals surface area contributed by atoms with Gasteiger partial charge < -0.3 is 5.32 Å². The Kier molecular flexibility index (Phi) is 3.36. The van der Waals surface area contributed by atoms with Gasteiger partial charge in [0.05, 0.1) is 5.69 Å². The number of hydrogen-bond acceptors (Lipinski definition) is 4. The molecule has 2 rings (SSSR count). The molecule has 0 atom stereocenters. The molecule has 1 aliphatic heterocycles. The fraction of sp³-hybridized carbons (Fsp3) is 0.667. The molecule has 0 bridgehead atoms. The van der Waals surface area contributed by atoms with Crippen LogP contribution in [0.15, 0.2) is 6.07 Å². The molecule has 1 aliphatic rings. The number of anilines is 1. The minimum atomic E-state index is -3.46. The number of aromatic nitrogens is 2. The van der Waals surface area contributed by atoms with Crippen LogP contribution in [0.1, 0.15) is 5.69 Å². The summed E-state index contributed by atoms with van der Waals surface area (Å²) in [5, 5.41) is 7.21. The molecule has 17 heavy (non-hydrogen) atoms. The van der Waals surface area contributed by atoms with E-state index >= 15 is 0 Å². The van der Waals surface area contributed by atoms with Crippen molar-refractivity contribution in [3.63, 3.8) is 0 Å². The number of aryl methyl sites for hydroxylation is 2. The van der Waals surface area contributed by atoms with E-state index in [-0.39, 0.29) is 0 Å². The molecule has 0 spiro atoms. The van der Waals surface area contributed by atoms with Crippen molar-refractivity contribution in [3.05, 3.63) is 11.8 Å². The molecule has 0 unspecified atom stereocenters. The van der Waals surface area contributed by atoms with E-state index in [9.17, 15) is 8.42 Å². The van der Waals surface area contributed by atoms with Crippen LogP contribution in [0.3, 0.4) is 0 Å². The monoisotopic (exact) mass is 259 g/mol. The van der Waals surface area contributed by atoms with Gasteiger partial charge in [-0.15, -0.1) is 0 Å². The Morgan fingerprint density at radius 2 is 2.06 bits per heavy atom. The quantitative estimate of drug-likeness (QED) is 0.751. The van der Waals surface area contributed by atoms with Gasteiger partial charge >= 0.3 is 10.2 Å². The van der Waals surface area contributed by atoms with Gasteiger partial charge in [-0.2, -0.15) is 17.8 Å². The maximum Gasteiger partial charge on any atom is 0.302 e. The summed E-state index contributed by atoms with van der Waals surface area (Å²) in [6, 6.07) is 1.71. The lowest BCUT2D eigenvalue weighted by Gasteiger charge is -2.26. The average Bonchev–Trinajstić information content (AvgIpc) is 2.58. The van der Waals surface area contributed by atoms with Crippen LogP contribution in [0.4, 0.5) is 5.82 Å². The van der Waals surface area contributed by atoms with Crippen molar-refractivity contribution in [1.29, 1.82) is 0 Å². The maximum absolute atomic E-state index is 12.1. The number of rotatable bonds is 3. The Morgan fingerprint density at radius 3 is 2.59 bits per heavy atom. The van der Waals surface area contributed by atoms with Gasteiger partial charge in [0.15, 0.2) is 0 Å². The molecule has 1 aromatic heterocycles. The molecule has 0 aliphatic carbocycles. The molecule has 0 saturated carbocycles.